The molecule has 24 heavy (non-hydrogen) atoms. The van der Waals surface area contributed by atoms with E-state index in [9.17, 15) is 0 Å². The number of anilines is 2. The number of hydrogen-bond donors (Lipinski definition) is 0. The second kappa shape index (κ2) is 6.00. The summed E-state index contributed by atoms with van der Waals surface area (Å²) in [5, 5.41) is 0. The van der Waals surface area contributed by atoms with Crippen molar-refractivity contribution in [2.75, 3.05) is 36.0 Å². The van der Waals surface area contributed by atoms with Crippen molar-refractivity contribution >= 4 is 11.6 Å². The molecule has 2 fully saturated rings. The Kier molecular flexibility index (Phi) is 3.82. The molecule has 2 aromatic heterocycles. The first kappa shape index (κ1) is 15.3. The van der Waals surface area contributed by atoms with E-state index < -0.39 is 0 Å². The zero-order valence-corrected chi connectivity index (χ0v) is 14.6. The van der Waals surface area contributed by atoms with E-state index in [1.54, 1.807) is 12.7 Å². The molecule has 0 radical (unpaired) electrons. The van der Waals surface area contributed by atoms with Gasteiger partial charge in [-0.25, -0.2) is 19.9 Å². The summed E-state index contributed by atoms with van der Waals surface area (Å²) in [5.74, 6) is 3.55. The lowest BCUT2D eigenvalue weighted by molar-refractivity contribution is 0.533. The van der Waals surface area contributed by atoms with Crippen LogP contribution in [-0.2, 0) is 6.42 Å². The van der Waals surface area contributed by atoms with Crippen molar-refractivity contribution in [1.29, 1.82) is 0 Å². The van der Waals surface area contributed by atoms with Crippen LogP contribution in [-0.4, -0.2) is 46.1 Å². The quantitative estimate of drug-likeness (QED) is 0.861. The number of aryl methyl sites for hydroxylation is 2. The highest BCUT2D eigenvalue weighted by Crippen LogP contribution is 2.36. The lowest BCUT2D eigenvalue weighted by Crippen LogP contribution is -2.30. The molecule has 126 valence electrons. The highest BCUT2D eigenvalue weighted by molar-refractivity contribution is 5.50. The van der Waals surface area contributed by atoms with Crippen molar-refractivity contribution in [1.82, 2.24) is 19.9 Å². The van der Waals surface area contributed by atoms with Crippen LogP contribution in [0.1, 0.15) is 23.9 Å². The third-order valence-electron chi connectivity index (χ3n) is 5.49. The summed E-state index contributed by atoms with van der Waals surface area (Å²) < 4.78 is 0. The predicted molar refractivity (Wildman–Crippen MR) is 94.3 cm³/mol. The maximum Gasteiger partial charge on any atom is 0.135 e. The van der Waals surface area contributed by atoms with Crippen LogP contribution in [0.3, 0.4) is 0 Å². The Morgan fingerprint density at radius 3 is 2.29 bits per heavy atom. The van der Waals surface area contributed by atoms with E-state index in [0.717, 1.165) is 55.6 Å². The minimum atomic E-state index is 0.680. The number of aromatic nitrogens is 4. The van der Waals surface area contributed by atoms with Crippen LogP contribution in [0, 0.1) is 25.7 Å². The molecule has 0 amide bonds. The van der Waals surface area contributed by atoms with Gasteiger partial charge in [-0.1, -0.05) is 6.92 Å². The number of hydrogen-bond acceptors (Lipinski definition) is 6. The molecule has 6 nitrogen and oxygen atoms in total. The summed E-state index contributed by atoms with van der Waals surface area (Å²) in [6.45, 7) is 10.6. The second-order valence-corrected chi connectivity index (χ2v) is 6.96. The van der Waals surface area contributed by atoms with E-state index in [2.05, 4.69) is 56.6 Å². The molecule has 2 atom stereocenters. The average Bonchev–Trinajstić information content (AvgIpc) is 3.16. The average molecular weight is 324 g/mol. The first-order valence-corrected chi connectivity index (χ1v) is 8.74. The first-order valence-electron chi connectivity index (χ1n) is 8.74. The molecule has 0 saturated carbocycles. The van der Waals surface area contributed by atoms with E-state index in [4.69, 9.17) is 0 Å². The molecule has 2 aromatic rings. The van der Waals surface area contributed by atoms with Gasteiger partial charge in [-0.15, -0.1) is 0 Å². The van der Waals surface area contributed by atoms with E-state index in [1.807, 2.05) is 0 Å². The molecule has 0 bridgehead atoms. The summed E-state index contributed by atoms with van der Waals surface area (Å²) >= 11 is 0. The first-order chi connectivity index (χ1) is 11.7. The van der Waals surface area contributed by atoms with Gasteiger partial charge in [0.1, 0.15) is 24.3 Å². The monoisotopic (exact) mass is 324 g/mol. The van der Waals surface area contributed by atoms with Crippen molar-refractivity contribution < 1.29 is 0 Å². The van der Waals surface area contributed by atoms with E-state index in [1.165, 1.54) is 5.56 Å². The molecule has 6 heteroatoms. The standard InChI is InChI=1S/C18H24N6/c1-4-16-5-17(21-11-20-16)23-6-14-8-24(9-15(14)7-23)18-12(2)13(3)19-10-22-18/h5,10-11,14-15H,4,6-9H2,1-3H3. The molecule has 0 N–H and O–H groups in total. The molecular weight excluding hydrogens is 300 g/mol. The lowest BCUT2D eigenvalue weighted by Gasteiger charge is -2.24. The summed E-state index contributed by atoms with van der Waals surface area (Å²) in [6, 6.07) is 2.14. The van der Waals surface area contributed by atoms with Crippen LogP contribution in [0.15, 0.2) is 18.7 Å². The van der Waals surface area contributed by atoms with Gasteiger partial charge in [0, 0.05) is 61.0 Å². The van der Waals surface area contributed by atoms with Crippen molar-refractivity contribution in [2.45, 2.75) is 27.2 Å². The van der Waals surface area contributed by atoms with Gasteiger partial charge in [-0.3, -0.25) is 0 Å². The number of rotatable bonds is 3. The minimum absolute atomic E-state index is 0.680. The van der Waals surface area contributed by atoms with Crippen LogP contribution >= 0.6 is 0 Å². The Bertz CT molecular complexity index is 732. The highest BCUT2D eigenvalue weighted by atomic mass is 15.3. The second-order valence-electron chi connectivity index (χ2n) is 6.96. The topological polar surface area (TPSA) is 58.0 Å². The van der Waals surface area contributed by atoms with Crippen molar-refractivity contribution in [3.05, 3.63) is 35.7 Å². The van der Waals surface area contributed by atoms with Crippen LogP contribution < -0.4 is 9.80 Å². The Labute approximate surface area is 143 Å². The van der Waals surface area contributed by atoms with Gasteiger partial charge < -0.3 is 9.80 Å². The normalized spacial score (nSPS) is 23.0. The minimum Gasteiger partial charge on any atom is -0.356 e. The van der Waals surface area contributed by atoms with Crippen LogP contribution in [0.5, 0.6) is 0 Å². The summed E-state index contributed by atoms with van der Waals surface area (Å²) in [4.78, 5) is 22.5. The maximum atomic E-state index is 4.53. The molecule has 2 aliphatic rings. The molecule has 2 aliphatic heterocycles. The molecule has 2 saturated heterocycles. The lowest BCUT2D eigenvalue weighted by atomic mass is 10.0. The smallest absolute Gasteiger partial charge is 0.135 e. The molecule has 0 spiro atoms. The highest BCUT2D eigenvalue weighted by Gasteiger charge is 2.41. The number of nitrogens with zero attached hydrogens (tertiary/aromatic N) is 6. The van der Waals surface area contributed by atoms with Crippen molar-refractivity contribution in [3.63, 3.8) is 0 Å². The van der Waals surface area contributed by atoms with E-state index >= 15 is 0 Å². The maximum absolute atomic E-state index is 4.53. The third-order valence-corrected chi connectivity index (χ3v) is 5.49. The van der Waals surface area contributed by atoms with Gasteiger partial charge in [0.15, 0.2) is 0 Å². The zero-order chi connectivity index (χ0) is 16.7. The van der Waals surface area contributed by atoms with Crippen molar-refractivity contribution in [2.24, 2.45) is 11.8 Å². The SMILES string of the molecule is CCc1cc(N2CC3CN(c4ncnc(C)c4C)CC3C2)ncn1. The molecule has 2 unspecified atom stereocenters. The summed E-state index contributed by atoms with van der Waals surface area (Å²) in [6.07, 6.45) is 4.34. The Morgan fingerprint density at radius 1 is 0.917 bits per heavy atom. The van der Waals surface area contributed by atoms with Gasteiger partial charge in [-0.2, -0.15) is 0 Å². The van der Waals surface area contributed by atoms with Crippen LogP contribution in [0.25, 0.3) is 0 Å². The van der Waals surface area contributed by atoms with Crippen LogP contribution in [0.4, 0.5) is 11.6 Å². The van der Waals surface area contributed by atoms with Gasteiger partial charge in [0.25, 0.3) is 0 Å². The fraction of sp³-hybridized carbons (Fsp3) is 0.556. The van der Waals surface area contributed by atoms with Crippen molar-refractivity contribution in [3.8, 4) is 0 Å². The molecule has 4 heterocycles. The number of fused-ring (bicyclic) bond motifs is 1. The van der Waals surface area contributed by atoms with E-state index in [-0.39, 0.29) is 0 Å². The van der Waals surface area contributed by atoms with E-state index in [0.29, 0.717) is 11.8 Å². The third kappa shape index (κ3) is 2.60. The fourth-order valence-electron chi connectivity index (χ4n) is 3.95. The molecule has 4 rings (SSSR count). The van der Waals surface area contributed by atoms with Gasteiger partial charge in [-0.05, 0) is 20.3 Å². The fourth-order valence-corrected chi connectivity index (χ4v) is 3.95. The summed E-state index contributed by atoms with van der Waals surface area (Å²) in [5.41, 5.74) is 3.40. The Balaban J connectivity index is 1.48. The molecule has 0 aliphatic carbocycles. The summed E-state index contributed by atoms with van der Waals surface area (Å²) in [7, 11) is 0. The molecular formula is C18H24N6. The van der Waals surface area contributed by atoms with Crippen LogP contribution in [0.2, 0.25) is 0 Å². The predicted octanol–water partition coefficient (Wildman–Crippen LogP) is 2.02. The Hall–Kier alpha value is -2.24. The zero-order valence-electron chi connectivity index (χ0n) is 14.6. The largest absolute Gasteiger partial charge is 0.356 e. The van der Waals surface area contributed by atoms with Gasteiger partial charge in [0.05, 0.1) is 0 Å². The Morgan fingerprint density at radius 2 is 1.58 bits per heavy atom. The van der Waals surface area contributed by atoms with Gasteiger partial charge in [0.2, 0.25) is 0 Å². The van der Waals surface area contributed by atoms with Gasteiger partial charge >= 0.3 is 0 Å². The molecule has 0 aromatic carbocycles.